The highest BCUT2D eigenvalue weighted by atomic mass is 16.6. The zero-order valence-corrected chi connectivity index (χ0v) is 12.0. The fourth-order valence-electron chi connectivity index (χ4n) is 2.28. The summed E-state index contributed by atoms with van der Waals surface area (Å²) < 4.78 is 11.0. The molecule has 0 atom stereocenters. The number of hydrogen-bond acceptors (Lipinski definition) is 5. The molecule has 0 fully saturated rings. The molecule has 3 rings (SSSR count). The Balaban J connectivity index is 2.02. The summed E-state index contributed by atoms with van der Waals surface area (Å²) in [6, 6.07) is 8.38. The first-order valence-corrected chi connectivity index (χ1v) is 6.80. The second-order valence-electron chi connectivity index (χ2n) is 4.75. The smallest absolute Gasteiger partial charge is 0.229 e. The molecule has 1 aliphatic heterocycles. The van der Waals surface area contributed by atoms with Crippen LogP contribution in [0.4, 0.5) is 17.2 Å². The van der Waals surface area contributed by atoms with Gasteiger partial charge in [-0.25, -0.2) is 4.98 Å². The van der Waals surface area contributed by atoms with Crippen molar-refractivity contribution in [1.82, 2.24) is 4.98 Å². The number of anilines is 2. The van der Waals surface area contributed by atoms with Gasteiger partial charge in [0.2, 0.25) is 5.91 Å². The molecule has 1 amide bonds. The van der Waals surface area contributed by atoms with E-state index < -0.39 is 0 Å². The number of ether oxygens (including phenoxy) is 2. The lowest BCUT2D eigenvalue weighted by atomic mass is 10.2. The summed E-state index contributed by atoms with van der Waals surface area (Å²) in [5.41, 5.74) is 1.77. The van der Waals surface area contributed by atoms with Crippen molar-refractivity contribution in [3.63, 3.8) is 0 Å². The Hall–Kier alpha value is -2.64. The van der Waals surface area contributed by atoms with Gasteiger partial charge >= 0.3 is 0 Å². The van der Waals surface area contributed by atoms with Crippen LogP contribution in [-0.4, -0.2) is 24.1 Å². The SMILES string of the molecule is CC(=O)N(c1ccc2c(c1)OCCO2)c1cc([NH2+][O-])ccn1. The van der Waals surface area contributed by atoms with Crippen molar-refractivity contribution < 1.29 is 19.7 Å². The minimum atomic E-state index is -0.216. The Kier molecular flexibility index (Phi) is 3.90. The van der Waals surface area contributed by atoms with Gasteiger partial charge < -0.3 is 20.2 Å². The number of fused-ring (bicyclic) bond motifs is 1. The van der Waals surface area contributed by atoms with E-state index in [9.17, 15) is 10.0 Å². The van der Waals surface area contributed by atoms with Crippen LogP contribution in [0.5, 0.6) is 11.5 Å². The van der Waals surface area contributed by atoms with Crippen molar-refractivity contribution in [1.29, 1.82) is 0 Å². The lowest BCUT2D eigenvalue weighted by Gasteiger charge is -2.24. The first-order valence-electron chi connectivity index (χ1n) is 6.80. The van der Waals surface area contributed by atoms with Crippen LogP contribution in [-0.2, 0) is 4.79 Å². The van der Waals surface area contributed by atoms with Crippen molar-refractivity contribution in [3.8, 4) is 11.5 Å². The van der Waals surface area contributed by atoms with E-state index in [2.05, 4.69) is 4.98 Å². The van der Waals surface area contributed by atoms with Gasteiger partial charge in [0.25, 0.3) is 0 Å². The van der Waals surface area contributed by atoms with Crippen LogP contribution in [0.25, 0.3) is 0 Å². The Morgan fingerprint density at radius 3 is 2.73 bits per heavy atom. The molecule has 0 aliphatic carbocycles. The number of carbonyl (C=O) groups excluding carboxylic acids is 1. The summed E-state index contributed by atoms with van der Waals surface area (Å²) in [4.78, 5) is 17.6. The lowest BCUT2D eigenvalue weighted by Crippen LogP contribution is -2.70. The molecule has 2 heterocycles. The molecule has 0 saturated carbocycles. The van der Waals surface area contributed by atoms with E-state index in [4.69, 9.17) is 9.47 Å². The van der Waals surface area contributed by atoms with E-state index in [0.29, 0.717) is 47.4 Å². The van der Waals surface area contributed by atoms with Crippen molar-refractivity contribution >= 4 is 23.1 Å². The number of pyridine rings is 1. The Bertz CT molecular complexity index is 705. The van der Waals surface area contributed by atoms with Crippen molar-refractivity contribution in [3.05, 3.63) is 41.7 Å². The average Bonchev–Trinajstić information content (AvgIpc) is 2.55. The molecule has 2 aromatic rings. The molecule has 1 aromatic carbocycles. The maximum absolute atomic E-state index is 12.0. The predicted molar refractivity (Wildman–Crippen MR) is 79.4 cm³/mol. The Morgan fingerprint density at radius 1 is 1.23 bits per heavy atom. The summed E-state index contributed by atoms with van der Waals surface area (Å²) in [7, 11) is 0. The van der Waals surface area contributed by atoms with Crippen LogP contribution in [0.15, 0.2) is 36.5 Å². The number of nitrogens with two attached hydrogens (primary N) is 1. The first kappa shape index (κ1) is 14.3. The summed E-state index contributed by atoms with van der Waals surface area (Å²) in [5, 5.41) is 10.9. The third-order valence-corrected chi connectivity index (χ3v) is 3.23. The van der Waals surface area contributed by atoms with E-state index in [1.54, 1.807) is 30.3 Å². The summed E-state index contributed by atoms with van der Waals surface area (Å²) in [5.74, 6) is 1.40. The minimum absolute atomic E-state index is 0.216. The molecule has 1 aromatic heterocycles. The van der Waals surface area contributed by atoms with Gasteiger partial charge in [-0.15, -0.1) is 0 Å². The second-order valence-corrected chi connectivity index (χ2v) is 4.75. The molecule has 7 nitrogen and oxygen atoms in total. The lowest BCUT2D eigenvalue weighted by molar-refractivity contribution is -0.497. The van der Waals surface area contributed by atoms with Crippen LogP contribution in [0.1, 0.15) is 6.92 Å². The number of rotatable bonds is 3. The Morgan fingerprint density at radius 2 is 2.00 bits per heavy atom. The molecule has 2 N–H and O–H groups in total. The zero-order chi connectivity index (χ0) is 15.5. The van der Waals surface area contributed by atoms with Crippen molar-refractivity contribution in [2.24, 2.45) is 0 Å². The van der Waals surface area contributed by atoms with Gasteiger partial charge in [-0.05, 0) is 12.1 Å². The maximum Gasteiger partial charge on any atom is 0.229 e. The van der Waals surface area contributed by atoms with Crippen LogP contribution >= 0.6 is 0 Å². The summed E-state index contributed by atoms with van der Waals surface area (Å²) in [6.45, 7) is 2.41. The van der Waals surface area contributed by atoms with Crippen LogP contribution in [0.2, 0.25) is 0 Å². The molecule has 22 heavy (non-hydrogen) atoms. The highest BCUT2D eigenvalue weighted by Gasteiger charge is 2.20. The number of hydrogen-bond donors (Lipinski definition) is 1. The topological polar surface area (TPSA) is 91.3 Å². The van der Waals surface area contributed by atoms with Gasteiger partial charge in [0.1, 0.15) is 24.7 Å². The van der Waals surface area contributed by atoms with Crippen molar-refractivity contribution in [2.45, 2.75) is 6.92 Å². The van der Waals surface area contributed by atoms with Crippen molar-refractivity contribution in [2.75, 3.05) is 18.1 Å². The monoisotopic (exact) mass is 301 g/mol. The first-order chi connectivity index (χ1) is 10.7. The fraction of sp³-hybridized carbons (Fsp3) is 0.200. The van der Waals surface area contributed by atoms with Crippen LogP contribution < -0.4 is 19.9 Å². The normalized spacial score (nSPS) is 12.8. The van der Waals surface area contributed by atoms with Gasteiger partial charge in [0.05, 0.1) is 5.69 Å². The van der Waals surface area contributed by atoms with Gasteiger partial charge in [0.15, 0.2) is 11.5 Å². The largest absolute Gasteiger partial charge is 0.630 e. The van der Waals surface area contributed by atoms with E-state index in [1.165, 1.54) is 18.0 Å². The number of nitrogens with zero attached hydrogens (tertiary/aromatic N) is 2. The second kappa shape index (κ2) is 6.00. The molecule has 0 radical (unpaired) electrons. The Labute approximate surface area is 127 Å². The van der Waals surface area contributed by atoms with E-state index in [0.717, 1.165) is 0 Å². The van der Waals surface area contributed by atoms with Gasteiger partial charge in [-0.1, -0.05) is 0 Å². The highest BCUT2D eigenvalue weighted by Crippen LogP contribution is 2.36. The van der Waals surface area contributed by atoms with E-state index in [-0.39, 0.29) is 5.91 Å². The standard InChI is InChI=1S/C15H15N3O4/c1-10(19)18(15-8-11(17-20)4-5-16-15)12-2-3-13-14(9-12)22-7-6-21-13/h2-5,8-9H,6-7,17H2,1H3. The maximum atomic E-state index is 12.0. The third-order valence-electron chi connectivity index (χ3n) is 3.23. The molecule has 0 unspecified atom stereocenters. The number of benzene rings is 1. The predicted octanol–water partition coefficient (Wildman–Crippen LogP) is 1.23. The molecule has 7 heteroatoms. The number of quaternary nitrogens is 1. The van der Waals surface area contributed by atoms with Crippen LogP contribution in [0.3, 0.4) is 0 Å². The fourth-order valence-corrected chi connectivity index (χ4v) is 2.28. The number of aromatic nitrogens is 1. The molecule has 0 saturated heterocycles. The van der Waals surface area contributed by atoms with Crippen LogP contribution in [0, 0.1) is 5.21 Å². The van der Waals surface area contributed by atoms with Gasteiger partial charge in [0, 0.05) is 31.3 Å². The quantitative estimate of drug-likeness (QED) is 0.861. The molecule has 0 bridgehead atoms. The summed E-state index contributed by atoms with van der Waals surface area (Å²) in [6.07, 6.45) is 1.49. The average molecular weight is 301 g/mol. The summed E-state index contributed by atoms with van der Waals surface area (Å²) >= 11 is 0. The van der Waals surface area contributed by atoms with E-state index >= 15 is 0 Å². The number of amides is 1. The minimum Gasteiger partial charge on any atom is -0.630 e. The molecular weight excluding hydrogens is 286 g/mol. The number of carbonyl (C=O) groups is 1. The van der Waals surface area contributed by atoms with Gasteiger partial charge in [-0.2, -0.15) is 0 Å². The molecule has 114 valence electrons. The third kappa shape index (κ3) is 2.72. The van der Waals surface area contributed by atoms with E-state index in [1.807, 2.05) is 0 Å². The van der Waals surface area contributed by atoms with Gasteiger partial charge in [-0.3, -0.25) is 9.69 Å². The zero-order valence-electron chi connectivity index (χ0n) is 12.0. The molecule has 0 spiro atoms. The highest BCUT2D eigenvalue weighted by molar-refractivity contribution is 5.98. The molecular formula is C15H15N3O4. The molecule has 1 aliphatic rings.